The fraction of sp³-hybridized carbons (Fsp3) is 0.278. The minimum absolute atomic E-state index is 0.0925. The number of halogens is 1. The third-order valence-electron chi connectivity index (χ3n) is 3.83. The summed E-state index contributed by atoms with van der Waals surface area (Å²) in [4.78, 5) is 12.4. The molecule has 5 nitrogen and oxygen atoms in total. The van der Waals surface area contributed by atoms with Gasteiger partial charge in [-0.15, -0.1) is 0 Å². The molecule has 0 aliphatic rings. The largest absolute Gasteiger partial charge is 0.324 e. The van der Waals surface area contributed by atoms with E-state index in [0.717, 1.165) is 21.0 Å². The Labute approximate surface area is 153 Å². The van der Waals surface area contributed by atoms with Crippen molar-refractivity contribution in [3.05, 3.63) is 58.1 Å². The lowest BCUT2D eigenvalue weighted by Crippen LogP contribution is -2.35. The van der Waals surface area contributed by atoms with E-state index in [1.165, 1.54) is 31.3 Å². The maximum Gasteiger partial charge on any atom is 0.243 e. The van der Waals surface area contributed by atoms with Crippen molar-refractivity contribution in [3.8, 4) is 0 Å². The first-order valence-corrected chi connectivity index (χ1v) is 9.52. The zero-order chi connectivity index (χ0) is 18.8. The molecular weight excluding hydrogens is 360 g/mol. The molecule has 0 aromatic heterocycles. The zero-order valence-electron chi connectivity index (χ0n) is 14.6. The average molecular weight is 381 g/mol. The number of aryl methyl sites for hydroxylation is 3. The van der Waals surface area contributed by atoms with Crippen LogP contribution in [0.15, 0.2) is 41.3 Å². The molecular formula is C18H21ClN2O3S. The maximum absolute atomic E-state index is 12.5. The van der Waals surface area contributed by atoms with Gasteiger partial charge in [-0.2, -0.15) is 4.31 Å². The number of rotatable bonds is 5. The molecule has 2 rings (SSSR count). The Morgan fingerprint density at radius 2 is 1.60 bits per heavy atom. The molecule has 0 aliphatic heterocycles. The number of hydrogen-bond acceptors (Lipinski definition) is 3. The molecule has 0 fully saturated rings. The summed E-state index contributed by atoms with van der Waals surface area (Å²) in [7, 11) is -2.38. The molecule has 0 unspecified atom stereocenters. The molecule has 0 radical (unpaired) electrons. The zero-order valence-corrected chi connectivity index (χ0v) is 16.2. The highest BCUT2D eigenvalue weighted by Crippen LogP contribution is 2.22. The van der Waals surface area contributed by atoms with E-state index in [1.54, 1.807) is 0 Å². The van der Waals surface area contributed by atoms with Gasteiger partial charge >= 0.3 is 0 Å². The fourth-order valence-corrected chi connectivity index (χ4v) is 3.88. The smallest absolute Gasteiger partial charge is 0.243 e. The summed E-state index contributed by atoms with van der Waals surface area (Å²) in [5.41, 5.74) is 3.70. The summed E-state index contributed by atoms with van der Waals surface area (Å²) in [6.45, 7) is 5.52. The minimum Gasteiger partial charge on any atom is -0.324 e. The van der Waals surface area contributed by atoms with Crippen LogP contribution in [0.5, 0.6) is 0 Å². The number of nitrogens with zero attached hydrogens (tertiary/aromatic N) is 1. The first-order chi connectivity index (χ1) is 11.6. The number of likely N-dealkylation sites (N-methyl/N-ethyl adjacent to an activating group) is 1. The molecule has 2 aromatic rings. The van der Waals surface area contributed by atoms with E-state index >= 15 is 0 Å². The number of benzene rings is 2. The van der Waals surface area contributed by atoms with Gasteiger partial charge in [-0.3, -0.25) is 4.79 Å². The van der Waals surface area contributed by atoms with Crippen LogP contribution in [0.4, 0.5) is 5.69 Å². The summed E-state index contributed by atoms with van der Waals surface area (Å²) in [6, 6.07) is 9.77. The molecule has 7 heteroatoms. The van der Waals surface area contributed by atoms with Gasteiger partial charge in [0.25, 0.3) is 0 Å². The van der Waals surface area contributed by atoms with Crippen molar-refractivity contribution in [2.75, 3.05) is 18.9 Å². The standard InChI is InChI=1S/C18H21ClN2O3S/c1-12-9-13(2)18(14(3)10-12)20-17(22)11-21(4)25(23,24)16-7-5-15(19)6-8-16/h5-10H,11H2,1-4H3,(H,20,22). The van der Waals surface area contributed by atoms with Crippen molar-refractivity contribution in [3.63, 3.8) is 0 Å². The molecule has 1 amide bonds. The number of carbonyl (C=O) groups is 1. The van der Waals surface area contributed by atoms with Crippen molar-refractivity contribution >= 4 is 33.2 Å². The summed E-state index contributed by atoms with van der Waals surface area (Å²) >= 11 is 5.78. The fourth-order valence-electron chi connectivity index (χ4n) is 2.63. The summed E-state index contributed by atoms with van der Waals surface area (Å²) in [5, 5.41) is 3.25. The van der Waals surface area contributed by atoms with Crippen molar-refractivity contribution in [1.82, 2.24) is 4.31 Å². The lowest BCUT2D eigenvalue weighted by molar-refractivity contribution is -0.116. The first-order valence-electron chi connectivity index (χ1n) is 7.71. The Hall–Kier alpha value is -1.89. The van der Waals surface area contributed by atoms with Gasteiger partial charge in [-0.25, -0.2) is 8.42 Å². The van der Waals surface area contributed by atoms with Crippen LogP contribution >= 0.6 is 11.6 Å². The molecule has 134 valence electrons. The van der Waals surface area contributed by atoms with Crippen molar-refractivity contribution in [2.45, 2.75) is 25.7 Å². The molecule has 1 N–H and O–H groups in total. The quantitative estimate of drug-likeness (QED) is 0.862. The second-order valence-electron chi connectivity index (χ2n) is 6.04. The van der Waals surface area contributed by atoms with Gasteiger partial charge in [0.1, 0.15) is 0 Å². The number of sulfonamides is 1. The van der Waals surface area contributed by atoms with Crippen LogP contribution in [0, 0.1) is 20.8 Å². The predicted octanol–water partition coefficient (Wildman–Crippen LogP) is 3.52. The molecule has 0 saturated heterocycles. The molecule has 0 atom stereocenters. The van der Waals surface area contributed by atoms with Gasteiger partial charge in [0.2, 0.25) is 15.9 Å². The second kappa shape index (κ2) is 7.56. The van der Waals surface area contributed by atoms with Crippen LogP contribution in [0.25, 0.3) is 0 Å². The van der Waals surface area contributed by atoms with Gasteiger partial charge < -0.3 is 5.32 Å². The van der Waals surface area contributed by atoms with E-state index in [4.69, 9.17) is 11.6 Å². The maximum atomic E-state index is 12.5. The molecule has 25 heavy (non-hydrogen) atoms. The molecule has 0 bridgehead atoms. The van der Waals surface area contributed by atoms with E-state index < -0.39 is 15.9 Å². The molecule has 0 spiro atoms. The number of anilines is 1. The lowest BCUT2D eigenvalue weighted by atomic mass is 10.1. The normalized spacial score (nSPS) is 11.6. The van der Waals surface area contributed by atoms with Crippen molar-refractivity contribution in [2.24, 2.45) is 0 Å². The number of amides is 1. The third kappa shape index (κ3) is 4.60. The van der Waals surface area contributed by atoms with Crippen molar-refractivity contribution < 1.29 is 13.2 Å². The topological polar surface area (TPSA) is 66.5 Å². The highest BCUT2D eigenvalue weighted by Gasteiger charge is 2.23. The van der Waals surface area contributed by atoms with Crippen LogP contribution in [-0.4, -0.2) is 32.2 Å². The molecule has 2 aromatic carbocycles. The van der Waals surface area contributed by atoms with Crippen LogP contribution in [-0.2, 0) is 14.8 Å². The third-order valence-corrected chi connectivity index (χ3v) is 5.90. The Morgan fingerprint density at radius 1 is 1.08 bits per heavy atom. The monoisotopic (exact) mass is 380 g/mol. The Kier molecular flexibility index (Phi) is 5.87. The van der Waals surface area contributed by atoms with E-state index in [9.17, 15) is 13.2 Å². The Balaban J connectivity index is 2.14. The Bertz CT molecular complexity index is 870. The second-order valence-corrected chi connectivity index (χ2v) is 8.52. The molecule has 0 aliphatic carbocycles. The van der Waals surface area contributed by atoms with Gasteiger partial charge in [0, 0.05) is 17.8 Å². The van der Waals surface area contributed by atoms with E-state index in [2.05, 4.69) is 5.32 Å². The SMILES string of the molecule is Cc1cc(C)c(NC(=O)CN(C)S(=O)(=O)c2ccc(Cl)cc2)c(C)c1. The number of nitrogens with one attached hydrogen (secondary N) is 1. The minimum atomic E-state index is -3.76. The number of carbonyl (C=O) groups excluding carboxylic acids is 1. The van der Waals surface area contributed by atoms with Gasteiger partial charge in [-0.1, -0.05) is 29.3 Å². The van der Waals surface area contributed by atoms with E-state index in [0.29, 0.717) is 10.7 Å². The van der Waals surface area contributed by atoms with Gasteiger partial charge in [0.15, 0.2) is 0 Å². The molecule has 0 saturated carbocycles. The van der Waals surface area contributed by atoms with Crippen molar-refractivity contribution in [1.29, 1.82) is 0 Å². The highest BCUT2D eigenvalue weighted by molar-refractivity contribution is 7.89. The predicted molar refractivity (Wildman–Crippen MR) is 101 cm³/mol. The van der Waals surface area contributed by atoms with Gasteiger partial charge in [-0.05, 0) is 56.2 Å². The average Bonchev–Trinajstić information content (AvgIpc) is 2.51. The Morgan fingerprint density at radius 3 is 2.12 bits per heavy atom. The van der Waals surface area contributed by atoms with E-state index in [-0.39, 0.29) is 11.4 Å². The molecule has 0 heterocycles. The van der Waals surface area contributed by atoms with Crippen LogP contribution in [0.2, 0.25) is 5.02 Å². The summed E-state index contributed by atoms with van der Waals surface area (Å²) < 4.78 is 26.0. The first kappa shape index (κ1) is 19.4. The van der Waals surface area contributed by atoms with Crippen LogP contribution in [0.3, 0.4) is 0 Å². The lowest BCUT2D eigenvalue weighted by Gasteiger charge is -2.18. The van der Waals surface area contributed by atoms with Crippen LogP contribution in [0.1, 0.15) is 16.7 Å². The number of hydrogen-bond donors (Lipinski definition) is 1. The van der Waals surface area contributed by atoms with Crippen LogP contribution < -0.4 is 5.32 Å². The summed E-state index contributed by atoms with van der Waals surface area (Å²) in [5.74, 6) is -0.393. The highest BCUT2D eigenvalue weighted by atomic mass is 35.5. The van der Waals surface area contributed by atoms with Gasteiger partial charge in [0.05, 0.1) is 11.4 Å². The summed E-state index contributed by atoms with van der Waals surface area (Å²) in [6.07, 6.45) is 0. The van der Waals surface area contributed by atoms with E-state index in [1.807, 2.05) is 32.9 Å².